The van der Waals surface area contributed by atoms with Gasteiger partial charge in [-0.25, -0.2) is 17.6 Å². The molecule has 0 fully saturated rings. The number of para-hydroxylation sites is 2. The quantitative estimate of drug-likeness (QED) is 0.345. The van der Waals surface area contributed by atoms with E-state index in [2.05, 4.69) is 0 Å². The second kappa shape index (κ2) is 5.35. The van der Waals surface area contributed by atoms with Crippen LogP contribution >= 0.6 is 0 Å². The zero-order chi connectivity index (χ0) is 17.7. The van der Waals surface area contributed by atoms with Crippen LogP contribution in [0.4, 0.5) is 17.6 Å². The molecule has 3 aromatic carbocycles. The molecule has 4 aromatic rings. The van der Waals surface area contributed by atoms with Crippen LogP contribution in [0.1, 0.15) is 5.56 Å². The summed E-state index contributed by atoms with van der Waals surface area (Å²) < 4.78 is 58.4. The number of halogens is 4. The summed E-state index contributed by atoms with van der Waals surface area (Å²) in [6, 6.07) is 14.7. The van der Waals surface area contributed by atoms with Crippen LogP contribution in [0.15, 0.2) is 48.5 Å². The van der Waals surface area contributed by atoms with Gasteiger partial charge in [0.2, 0.25) is 0 Å². The zero-order valence-electron chi connectivity index (χ0n) is 12.5. The lowest BCUT2D eigenvalue weighted by molar-refractivity contribution is 0.446. The highest BCUT2D eigenvalue weighted by Gasteiger charge is 2.28. The Balaban J connectivity index is 2.25. The van der Waals surface area contributed by atoms with E-state index in [0.717, 1.165) is 10.6 Å². The minimum absolute atomic E-state index is 0.394. The highest BCUT2D eigenvalue weighted by Crippen LogP contribution is 2.35. The largest absolute Gasteiger partial charge is 0.304 e. The standard InChI is InChI=1S/C19H8F4N2/c20-15-12(9-24)16(21)18(23)19(17(15)22)25-13-7-3-1-5-10(13)11-6-2-4-8-14(11)25/h1-8H. The molecule has 6 heteroatoms. The van der Waals surface area contributed by atoms with Crippen molar-refractivity contribution in [3.05, 3.63) is 77.4 Å². The molecule has 0 bridgehead atoms. The predicted molar refractivity (Wildman–Crippen MR) is 85.3 cm³/mol. The summed E-state index contributed by atoms with van der Waals surface area (Å²) in [5, 5.41) is 10.1. The van der Waals surface area contributed by atoms with Gasteiger partial charge in [-0.1, -0.05) is 36.4 Å². The molecule has 1 aromatic heterocycles. The maximum atomic E-state index is 14.6. The lowest BCUT2D eigenvalue weighted by Crippen LogP contribution is -2.09. The molecule has 1 heterocycles. The van der Waals surface area contributed by atoms with E-state index in [9.17, 15) is 17.6 Å². The van der Waals surface area contributed by atoms with Crippen LogP contribution in [0, 0.1) is 34.6 Å². The van der Waals surface area contributed by atoms with Crippen LogP contribution in [-0.2, 0) is 0 Å². The average Bonchev–Trinajstić information content (AvgIpc) is 2.96. The van der Waals surface area contributed by atoms with Crippen molar-refractivity contribution < 1.29 is 17.6 Å². The molecule has 0 amide bonds. The van der Waals surface area contributed by atoms with Gasteiger partial charge in [-0.3, -0.25) is 0 Å². The van der Waals surface area contributed by atoms with Crippen LogP contribution in [-0.4, -0.2) is 4.57 Å². The maximum Gasteiger partial charge on any atom is 0.187 e. The zero-order valence-corrected chi connectivity index (χ0v) is 12.5. The van der Waals surface area contributed by atoms with Gasteiger partial charge >= 0.3 is 0 Å². The number of hydrogen-bond acceptors (Lipinski definition) is 1. The van der Waals surface area contributed by atoms with Crippen molar-refractivity contribution in [2.24, 2.45) is 0 Å². The molecule has 0 unspecified atom stereocenters. The van der Waals surface area contributed by atoms with Gasteiger partial charge in [0.15, 0.2) is 23.3 Å². The Hall–Kier alpha value is -3.33. The number of nitrogens with zero attached hydrogens (tertiary/aromatic N) is 2. The van der Waals surface area contributed by atoms with Gasteiger partial charge in [-0.15, -0.1) is 0 Å². The first kappa shape index (κ1) is 15.2. The summed E-state index contributed by atoms with van der Waals surface area (Å²) in [7, 11) is 0. The van der Waals surface area contributed by atoms with Crippen molar-refractivity contribution in [1.29, 1.82) is 5.26 Å². The summed E-state index contributed by atoms with van der Waals surface area (Å²) in [5.74, 6) is -6.64. The molecular formula is C19H8F4N2. The lowest BCUT2D eigenvalue weighted by Gasteiger charge is -2.12. The lowest BCUT2D eigenvalue weighted by atomic mass is 10.1. The van der Waals surface area contributed by atoms with Gasteiger partial charge in [-0.2, -0.15) is 5.26 Å². The number of fused-ring (bicyclic) bond motifs is 3. The van der Waals surface area contributed by atoms with Gasteiger partial charge in [0, 0.05) is 10.8 Å². The third-order valence-corrected chi connectivity index (χ3v) is 4.16. The van der Waals surface area contributed by atoms with Crippen LogP contribution in [0.25, 0.3) is 27.5 Å². The van der Waals surface area contributed by atoms with E-state index >= 15 is 0 Å². The van der Waals surface area contributed by atoms with Crippen molar-refractivity contribution in [2.75, 3.05) is 0 Å². The molecule has 25 heavy (non-hydrogen) atoms. The molecule has 0 aliphatic rings. The molecule has 122 valence electrons. The Labute approximate surface area is 139 Å². The first-order chi connectivity index (χ1) is 12.1. The molecule has 0 saturated carbocycles. The van der Waals surface area contributed by atoms with Gasteiger partial charge < -0.3 is 4.57 Å². The Morgan fingerprint density at radius 2 is 1.12 bits per heavy atom. The molecule has 4 rings (SSSR count). The smallest absolute Gasteiger partial charge is 0.187 e. The second-order valence-electron chi connectivity index (χ2n) is 5.46. The first-order valence-electron chi connectivity index (χ1n) is 7.31. The van der Waals surface area contributed by atoms with Crippen molar-refractivity contribution in [1.82, 2.24) is 4.57 Å². The number of hydrogen-bond donors (Lipinski definition) is 0. The van der Waals surface area contributed by atoms with E-state index < -0.39 is 34.5 Å². The van der Waals surface area contributed by atoms with Crippen LogP contribution in [0.5, 0.6) is 0 Å². The summed E-state index contributed by atoms with van der Waals surface area (Å²) in [6.45, 7) is 0. The minimum atomic E-state index is -1.71. The Morgan fingerprint density at radius 1 is 0.680 bits per heavy atom. The molecule has 0 aliphatic heterocycles. The third-order valence-electron chi connectivity index (χ3n) is 4.16. The summed E-state index contributed by atoms with van der Waals surface area (Å²) >= 11 is 0. The fraction of sp³-hybridized carbons (Fsp3) is 0. The van der Waals surface area contributed by atoms with Gasteiger partial charge in [0.05, 0.1) is 11.0 Å². The Bertz CT molecular complexity index is 1120. The SMILES string of the molecule is N#Cc1c(F)c(F)c(-n2c3ccccc3c3ccccc32)c(F)c1F. The van der Waals surface area contributed by atoms with Crippen molar-refractivity contribution in [3.8, 4) is 11.8 Å². The van der Waals surface area contributed by atoms with Crippen molar-refractivity contribution >= 4 is 21.8 Å². The first-order valence-corrected chi connectivity index (χ1v) is 7.31. The fourth-order valence-electron chi connectivity index (χ4n) is 3.08. The third kappa shape index (κ3) is 1.96. The number of benzene rings is 3. The minimum Gasteiger partial charge on any atom is -0.304 e. The van der Waals surface area contributed by atoms with E-state index in [-0.39, 0.29) is 0 Å². The van der Waals surface area contributed by atoms with E-state index in [1.54, 1.807) is 48.5 Å². The molecule has 0 N–H and O–H groups in total. The summed E-state index contributed by atoms with van der Waals surface area (Å²) in [4.78, 5) is 0. The highest BCUT2D eigenvalue weighted by molar-refractivity contribution is 6.09. The maximum absolute atomic E-state index is 14.6. The summed E-state index contributed by atoms with van der Waals surface area (Å²) in [5.41, 5.74) is -1.37. The van der Waals surface area contributed by atoms with E-state index in [4.69, 9.17) is 5.26 Å². The van der Waals surface area contributed by atoms with Gasteiger partial charge in [0.1, 0.15) is 17.3 Å². The molecule has 2 nitrogen and oxygen atoms in total. The Kier molecular flexibility index (Phi) is 3.25. The molecule has 0 atom stereocenters. The highest BCUT2D eigenvalue weighted by atomic mass is 19.2. The van der Waals surface area contributed by atoms with Crippen molar-refractivity contribution in [2.45, 2.75) is 0 Å². The summed E-state index contributed by atoms with van der Waals surface area (Å²) in [6.07, 6.45) is 0. The van der Waals surface area contributed by atoms with Gasteiger partial charge in [-0.05, 0) is 12.1 Å². The number of aromatic nitrogens is 1. The molecule has 0 aliphatic carbocycles. The number of nitriles is 1. The molecule has 0 radical (unpaired) electrons. The van der Waals surface area contributed by atoms with Crippen molar-refractivity contribution in [3.63, 3.8) is 0 Å². The molecule has 0 spiro atoms. The van der Waals surface area contributed by atoms with E-state index in [0.29, 0.717) is 21.8 Å². The van der Waals surface area contributed by atoms with E-state index in [1.165, 1.54) is 0 Å². The molecule has 0 saturated heterocycles. The Morgan fingerprint density at radius 3 is 1.56 bits per heavy atom. The average molecular weight is 340 g/mol. The predicted octanol–water partition coefficient (Wildman–Crippen LogP) is 5.21. The monoisotopic (exact) mass is 340 g/mol. The second-order valence-corrected chi connectivity index (χ2v) is 5.46. The fourth-order valence-corrected chi connectivity index (χ4v) is 3.08. The van der Waals surface area contributed by atoms with Gasteiger partial charge in [0.25, 0.3) is 0 Å². The van der Waals surface area contributed by atoms with Crippen LogP contribution < -0.4 is 0 Å². The number of rotatable bonds is 1. The van der Waals surface area contributed by atoms with E-state index in [1.807, 2.05) is 0 Å². The molecular weight excluding hydrogens is 332 g/mol. The normalized spacial score (nSPS) is 11.2. The van der Waals surface area contributed by atoms with Crippen LogP contribution in [0.2, 0.25) is 0 Å². The van der Waals surface area contributed by atoms with Crippen LogP contribution in [0.3, 0.4) is 0 Å². The topological polar surface area (TPSA) is 28.7 Å².